The summed E-state index contributed by atoms with van der Waals surface area (Å²) in [5.74, 6) is 1.87. The van der Waals surface area contributed by atoms with Gasteiger partial charge in [-0.05, 0) is 25.5 Å². The van der Waals surface area contributed by atoms with E-state index >= 15 is 0 Å². The van der Waals surface area contributed by atoms with E-state index in [0.717, 1.165) is 54.7 Å². The normalized spacial score (nSPS) is 15.0. The third-order valence-electron chi connectivity index (χ3n) is 4.92. The zero-order valence-electron chi connectivity index (χ0n) is 16.0. The topological polar surface area (TPSA) is 84.9 Å². The van der Waals surface area contributed by atoms with Gasteiger partial charge in [-0.25, -0.2) is 9.97 Å². The zero-order chi connectivity index (χ0) is 19.0. The lowest BCUT2D eigenvalue weighted by atomic mass is 10.1. The Labute approximate surface area is 158 Å². The number of rotatable bonds is 5. The van der Waals surface area contributed by atoms with Gasteiger partial charge in [0.05, 0.1) is 30.2 Å². The Morgan fingerprint density at radius 2 is 2.07 bits per heavy atom. The molecule has 1 N–H and O–H groups in total. The van der Waals surface area contributed by atoms with Crippen molar-refractivity contribution >= 4 is 5.82 Å². The molecule has 0 radical (unpaired) electrons. The van der Waals surface area contributed by atoms with Crippen molar-refractivity contribution in [2.24, 2.45) is 7.05 Å². The third kappa shape index (κ3) is 3.44. The predicted molar refractivity (Wildman–Crippen MR) is 101 cm³/mol. The lowest BCUT2D eigenvalue weighted by Gasteiger charge is -2.29. The molecule has 0 spiro atoms. The van der Waals surface area contributed by atoms with E-state index in [9.17, 15) is 5.11 Å². The lowest BCUT2D eigenvalue weighted by molar-refractivity contribution is 0.203. The van der Waals surface area contributed by atoms with Gasteiger partial charge in [0.2, 0.25) is 0 Å². The van der Waals surface area contributed by atoms with E-state index in [0.29, 0.717) is 12.2 Å². The monoisotopic (exact) mass is 367 g/mol. The van der Waals surface area contributed by atoms with Gasteiger partial charge in [0.25, 0.3) is 0 Å². The second-order valence-corrected chi connectivity index (χ2v) is 7.02. The van der Waals surface area contributed by atoms with E-state index in [1.807, 2.05) is 36.9 Å². The maximum absolute atomic E-state index is 10.7. The summed E-state index contributed by atoms with van der Waals surface area (Å²) in [5.41, 5.74) is 3.46. The number of hydrogen-bond donors (Lipinski definition) is 1. The first-order valence-electron chi connectivity index (χ1n) is 9.37. The van der Waals surface area contributed by atoms with Crippen molar-refractivity contribution in [3.63, 3.8) is 0 Å². The largest absolute Gasteiger partial charge is 0.380 e. The molecule has 1 atom stereocenters. The molecular formula is C19H25N7O. The number of fused-ring (bicyclic) bond motifs is 1. The van der Waals surface area contributed by atoms with Crippen LogP contribution in [-0.2, 0) is 26.6 Å². The fourth-order valence-corrected chi connectivity index (χ4v) is 3.53. The second kappa shape index (κ2) is 7.11. The summed E-state index contributed by atoms with van der Waals surface area (Å²) in [6.45, 7) is 6.46. The summed E-state index contributed by atoms with van der Waals surface area (Å²) < 4.78 is 3.65. The molecule has 0 aliphatic carbocycles. The van der Waals surface area contributed by atoms with Crippen molar-refractivity contribution in [2.45, 2.75) is 45.9 Å². The van der Waals surface area contributed by atoms with Crippen molar-refractivity contribution in [1.29, 1.82) is 0 Å². The third-order valence-corrected chi connectivity index (χ3v) is 4.92. The Bertz CT molecular complexity index is 945. The summed E-state index contributed by atoms with van der Waals surface area (Å²) in [6.07, 6.45) is 2.83. The molecule has 0 saturated carbocycles. The molecule has 0 bridgehead atoms. The van der Waals surface area contributed by atoms with E-state index in [4.69, 9.17) is 4.98 Å². The van der Waals surface area contributed by atoms with Crippen LogP contribution in [0.1, 0.15) is 48.0 Å². The molecule has 4 rings (SSSR count). The molecule has 1 aliphatic rings. The number of aromatic nitrogens is 6. The van der Waals surface area contributed by atoms with E-state index in [1.165, 1.54) is 0 Å². The first-order valence-corrected chi connectivity index (χ1v) is 9.37. The van der Waals surface area contributed by atoms with E-state index in [1.54, 1.807) is 10.9 Å². The van der Waals surface area contributed by atoms with Crippen molar-refractivity contribution in [2.75, 3.05) is 11.4 Å². The molecule has 3 aromatic heterocycles. The van der Waals surface area contributed by atoms with Crippen molar-refractivity contribution in [3.05, 3.63) is 53.0 Å². The Kier molecular flexibility index (Phi) is 4.65. The predicted octanol–water partition coefficient (Wildman–Crippen LogP) is 1.77. The molecule has 0 saturated heterocycles. The molecular weight excluding hydrogens is 342 g/mol. The summed E-state index contributed by atoms with van der Waals surface area (Å²) >= 11 is 0. The molecule has 142 valence electrons. The van der Waals surface area contributed by atoms with Gasteiger partial charge < -0.3 is 10.0 Å². The van der Waals surface area contributed by atoms with E-state index in [-0.39, 0.29) is 0 Å². The average molecular weight is 367 g/mol. The second-order valence-electron chi connectivity index (χ2n) is 7.02. The number of aliphatic hydroxyl groups excluding tert-OH is 1. The molecule has 1 aliphatic heterocycles. The first kappa shape index (κ1) is 17.7. The molecule has 0 aromatic carbocycles. The summed E-state index contributed by atoms with van der Waals surface area (Å²) in [4.78, 5) is 11.5. The van der Waals surface area contributed by atoms with Crippen LogP contribution in [0.3, 0.4) is 0 Å². The average Bonchev–Trinajstić information content (AvgIpc) is 3.26. The van der Waals surface area contributed by atoms with E-state index in [2.05, 4.69) is 27.0 Å². The van der Waals surface area contributed by atoms with Gasteiger partial charge in [-0.3, -0.25) is 9.36 Å². The number of hydrogen-bond acceptors (Lipinski definition) is 6. The van der Waals surface area contributed by atoms with Crippen molar-refractivity contribution < 1.29 is 5.11 Å². The van der Waals surface area contributed by atoms with Crippen LogP contribution in [0.5, 0.6) is 0 Å². The van der Waals surface area contributed by atoms with Crippen LogP contribution >= 0.6 is 0 Å². The molecule has 4 heterocycles. The number of anilines is 1. The van der Waals surface area contributed by atoms with Crippen LogP contribution in [0.25, 0.3) is 0 Å². The fourth-order valence-electron chi connectivity index (χ4n) is 3.53. The molecule has 0 fully saturated rings. The smallest absolute Gasteiger partial charge is 0.139 e. The Morgan fingerprint density at radius 1 is 1.22 bits per heavy atom. The molecule has 3 aromatic rings. The minimum absolute atomic E-state index is 0.654. The maximum atomic E-state index is 10.7. The summed E-state index contributed by atoms with van der Waals surface area (Å²) in [5, 5.41) is 19.4. The number of aryl methyl sites for hydroxylation is 3. The van der Waals surface area contributed by atoms with Crippen LogP contribution in [0, 0.1) is 6.92 Å². The van der Waals surface area contributed by atoms with Gasteiger partial charge in [0.15, 0.2) is 0 Å². The van der Waals surface area contributed by atoms with Gasteiger partial charge in [-0.2, -0.15) is 10.2 Å². The van der Waals surface area contributed by atoms with Gasteiger partial charge in [-0.1, -0.05) is 6.92 Å². The van der Waals surface area contributed by atoms with Crippen LogP contribution in [0.4, 0.5) is 5.82 Å². The van der Waals surface area contributed by atoms with Gasteiger partial charge in [-0.15, -0.1) is 0 Å². The van der Waals surface area contributed by atoms with Crippen molar-refractivity contribution in [3.8, 4) is 0 Å². The minimum atomic E-state index is -0.776. The Morgan fingerprint density at radius 3 is 2.81 bits per heavy atom. The highest BCUT2D eigenvalue weighted by Gasteiger charge is 2.24. The molecule has 1 unspecified atom stereocenters. The molecule has 0 amide bonds. The molecule has 27 heavy (non-hydrogen) atoms. The molecule has 8 nitrogen and oxygen atoms in total. The van der Waals surface area contributed by atoms with Crippen molar-refractivity contribution in [1.82, 2.24) is 29.5 Å². The Balaban J connectivity index is 1.57. The van der Waals surface area contributed by atoms with Crippen LogP contribution in [0.2, 0.25) is 0 Å². The number of aliphatic hydroxyl groups is 1. The maximum Gasteiger partial charge on any atom is 0.139 e. The van der Waals surface area contributed by atoms with Gasteiger partial charge in [0, 0.05) is 38.0 Å². The summed E-state index contributed by atoms with van der Waals surface area (Å²) in [7, 11) is 1.82. The van der Waals surface area contributed by atoms with E-state index < -0.39 is 6.10 Å². The van der Waals surface area contributed by atoms with Crippen LogP contribution in [0.15, 0.2) is 24.4 Å². The van der Waals surface area contributed by atoms with Crippen LogP contribution in [-0.4, -0.2) is 41.2 Å². The summed E-state index contributed by atoms with van der Waals surface area (Å²) in [6, 6.07) is 5.83. The Hall–Kier alpha value is -2.74. The quantitative estimate of drug-likeness (QED) is 0.740. The fraction of sp³-hybridized carbons (Fsp3) is 0.474. The highest BCUT2D eigenvalue weighted by Crippen LogP contribution is 2.25. The zero-order valence-corrected chi connectivity index (χ0v) is 16.0. The minimum Gasteiger partial charge on any atom is -0.380 e. The van der Waals surface area contributed by atoms with Crippen LogP contribution < -0.4 is 4.90 Å². The van der Waals surface area contributed by atoms with Gasteiger partial charge in [0.1, 0.15) is 17.7 Å². The number of nitrogens with zero attached hydrogens (tertiary/aromatic N) is 7. The SMILES string of the molecule is CCCc1nc(C)cc(N2CCn3nc(C(O)c4ccnn4C)cc3C2)n1. The standard InChI is InChI=1S/C19H25N7O/c1-4-5-17-21-13(2)10-18(22-17)25-8-9-26-14(12-25)11-15(23-26)19(27)16-6-7-20-24(16)3/h6-7,10-11,19,27H,4-5,8-9,12H2,1-3H3. The highest BCUT2D eigenvalue weighted by atomic mass is 16.3. The molecule has 8 heteroatoms. The lowest BCUT2D eigenvalue weighted by Crippen LogP contribution is -2.34. The first-order chi connectivity index (χ1) is 13.0. The highest BCUT2D eigenvalue weighted by molar-refractivity contribution is 5.41. The van der Waals surface area contributed by atoms with Gasteiger partial charge >= 0.3 is 0 Å².